The molecule has 2 aromatic rings. The van der Waals surface area contributed by atoms with E-state index in [-0.39, 0.29) is 22.6 Å². The van der Waals surface area contributed by atoms with Crippen LogP contribution in [-0.2, 0) is 10.0 Å². The summed E-state index contributed by atoms with van der Waals surface area (Å²) in [6, 6.07) is 8.71. The number of hydrogen-bond acceptors (Lipinski definition) is 6. The minimum atomic E-state index is -4.03. The molecule has 0 amide bonds. The number of hydrogen-bond donors (Lipinski definition) is 1. The van der Waals surface area contributed by atoms with Crippen molar-refractivity contribution in [3.05, 3.63) is 79.9 Å². The van der Waals surface area contributed by atoms with Crippen molar-refractivity contribution in [2.45, 2.75) is 37.2 Å². The lowest BCUT2D eigenvalue weighted by Gasteiger charge is -2.22. The summed E-state index contributed by atoms with van der Waals surface area (Å²) in [7, 11) is -4.03. The highest BCUT2D eigenvalue weighted by Gasteiger charge is 2.35. The van der Waals surface area contributed by atoms with Gasteiger partial charge in [-0.05, 0) is 24.6 Å². The number of benzene rings is 2. The normalized spacial score (nSPS) is 13.7. The van der Waals surface area contributed by atoms with Gasteiger partial charge in [0.1, 0.15) is 6.04 Å². The highest BCUT2D eigenvalue weighted by Crippen LogP contribution is 2.26. The van der Waals surface area contributed by atoms with Gasteiger partial charge in [0, 0.05) is 23.5 Å². The lowest BCUT2D eigenvalue weighted by atomic mass is 9.98. The predicted octanol–water partition coefficient (Wildman–Crippen LogP) is 2.98. The highest BCUT2D eigenvalue weighted by molar-refractivity contribution is 7.89. The SMILES string of the molecule is CCC(C(NS(=O)(=O)c1ccc(C)cc1)c1ccc([N+](=O)[O-])cc1)[N+](=O)[O-]. The quantitative estimate of drug-likeness (QED) is 0.541. The Kier molecular flexibility index (Phi) is 6.24. The molecule has 0 saturated carbocycles. The van der Waals surface area contributed by atoms with Crippen molar-refractivity contribution in [3.63, 3.8) is 0 Å². The minimum absolute atomic E-state index is 0.0155. The fourth-order valence-electron chi connectivity index (χ4n) is 2.63. The Morgan fingerprint density at radius 1 is 1.00 bits per heavy atom. The van der Waals surface area contributed by atoms with E-state index < -0.39 is 32.0 Å². The van der Waals surface area contributed by atoms with Crippen molar-refractivity contribution in [2.24, 2.45) is 0 Å². The van der Waals surface area contributed by atoms with Crippen LogP contribution in [0.15, 0.2) is 53.4 Å². The number of aryl methyl sites for hydroxylation is 1. The summed E-state index contributed by atoms with van der Waals surface area (Å²) < 4.78 is 27.8. The van der Waals surface area contributed by atoms with E-state index in [4.69, 9.17) is 0 Å². The van der Waals surface area contributed by atoms with E-state index in [9.17, 15) is 28.6 Å². The molecule has 0 aromatic heterocycles. The number of non-ortho nitro benzene ring substituents is 1. The summed E-state index contributed by atoms with van der Waals surface area (Å²) >= 11 is 0. The number of nitro groups is 2. The molecule has 2 rings (SSSR count). The largest absolute Gasteiger partial charge is 0.269 e. The van der Waals surface area contributed by atoms with Crippen molar-refractivity contribution < 1.29 is 18.3 Å². The van der Waals surface area contributed by atoms with Gasteiger partial charge in [-0.2, -0.15) is 4.72 Å². The van der Waals surface area contributed by atoms with Gasteiger partial charge in [0.25, 0.3) is 5.69 Å². The Labute approximate surface area is 156 Å². The van der Waals surface area contributed by atoms with Crippen LogP contribution >= 0.6 is 0 Å². The monoisotopic (exact) mass is 393 g/mol. The smallest absolute Gasteiger partial charge is 0.264 e. The van der Waals surface area contributed by atoms with Gasteiger partial charge in [0.05, 0.1) is 9.82 Å². The van der Waals surface area contributed by atoms with E-state index in [0.29, 0.717) is 0 Å². The van der Waals surface area contributed by atoms with E-state index >= 15 is 0 Å². The summed E-state index contributed by atoms with van der Waals surface area (Å²) in [6.45, 7) is 3.38. The van der Waals surface area contributed by atoms with Crippen LogP contribution in [-0.4, -0.2) is 24.3 Å². The summed E-state index contributed by atoms with van der Waals surface area (Å²) in [5.74, 6) is 0. The minimum Gasteiger partial charge on any atom is -0.264 e. The Morgan fingerprint density at radius 3 is 2.00 bits per heavy atom. The average molecular weight is 393 g/mol. The molecule has 0 heterocycles. The zero-order valence-electron chi connectivity index (χ0n) is 14.7. The summed E-state index contributed by atoms with van der Waals surface area (Å²) in [5, 5.41) is 22.3. The molecule has 0 spiro atoms. The van der Waals surface area contributed by atoms with Gasteiger partial charge in [0.2, 0.25) is 16.1 Å². The molecular weight excluding hydrogens is 374 g/mol. The first-order valence-electron chi connectivity index (χ1n) is 8.12. The highest BCUT2D eigenvalue weighted by atomic mass is 32.2. The van der Waals surface area contributed by atoms with E-state index in [1.807, 2.05) is 6.92 Å². The Bertz CT molecular complexity index is 926. The van der Waals surface area contributed by atoms with E-state index in [2.05, 4.69) is 4.72 Å². The average Bonchev–Trinajstić information content (AvgIpc) is 2.61. The van der Waals surface area contributed by atoms with Crippen molar-refractivity contribution in [1.29, 1.82) is 0 Å². The fraction of sp³-hybridized carbons (Fsp3) is 0.294. The Balaban J connectivity index is 2.44. The van der Waals surface area contributed by atoms with Crippen molar-refractivity contribution in [1.82, 2.24) is 4.72 Å². The molecule has 0 bridgehead atoms. The Hall–Kier alpha value is -2.85. The Morgan fingerprint density at radius 2 is 1.56 bits per heavy atom. The van der Waals surface area contributed by atoms with Gasteiger partial charge in [-0.3, -0.25) is 20.2 Å². The number of rotatable bonds is 8. The number of nitrogens with one attached hydrogen (secondary N) is 1. The molecule has 0 aliphatic carbocycles. The first-order chi connectivity index (χ1) is 12.7. The molecule has 0 radical (unpaired) electrons. The molecule has 0 saturated heterocycles. The van der Waals surface area contributed by atoms with Crippen molar-refractivity contribution in [2.75, 3.05) is 0 Å². The maximum atomic E-state index is 12.7. The van der Waals surface area contributed by atoms with E-state index in [1.165, 1.54) is 36.4 Å². The molecule has 9 nitrogen and oxygen atoms in total. The predicted molar refractivity (Wildman–Crippen MR) is 98.4 cm³/mol. The fourth-order valence-corrected chi connectivity index (χ4v) is 3.89. The second kappa shape index (κ2) is 8.23. The van der Waals surface area contributed by atoms with E-state index in [1.54, 1.807) is 19.1 Å². The number of sulfonamides is 1. The molecule has 0 fully saturated rings. The summed E-state index contributed by atoms with van der Waals surface area (Å²) in [5.41, 5.74) is 0.963. The van der Waals surface area contributed by atoms with Crippen LogP contribution in [0.25, 0.3) is 0 Å². The zero-order chi connectivity index (χ0) is 20.2. The number of nitrogens with zero attached hydrogens (tertiary/aromatic N) is 2. The molecule has 144 valence electrons. The van der Waals surface area contributed by atoms with Gasteiger partial charge >= 0.3 is 0 Å². The van der Waals surface area contributed by atoms with Crippen molar-refractivity contribution >= 4 is 15.7 Å². The maximum absolute atomic E-state index is 12.7. The van der Waals surface area contributed by atoms with Crippen molar-refractivity contribution in [3.8, 4) is 0 Å². The van der Waals surface area contributed by atoms with Gasteiger partial charge in [-0.25, -0.2) is 8.42 Å². The molecule has 2 unspecified atom stereocenters. The molecular formula is C17H19N3O6S. The molecule has 0 aliphatic heterocycles. The van der Waals surface area contributed by atoms with Gasteiger partial charge in [0.15, 0.2) is 0 Å². The molecule has 1 N–H and O–H groups in total. The van der Waals surface area contributed by atoms with Crippen LogP contribution in [0.4, 0.5) is 5.69 Å². The third-order valence-corrected chi connectivity index (χ3v) is 5.61. The molecule has 10 heteroatoms. The third-order valence-electron chi connectivity index (χ3n) is 4.15. The lowest BCUT2D eigenvalue weighted by Crippen LogP contribution is -2.39. The van der Waals surface area contributed by atoms with Gasteiger partial charge in [-0.1, -0.05) is 36.8 Å². The summed E-state index contributed by atoms with van der Waals surface area (Å²) in [4.78, 5) is 21.1. The van der Waals surface area contributed by atoms with Crippen LogP contribution in [0.2, 0.25) is 0 Å². The summed E-state index contributed by atoms with van der Waals surface area (Å²) in [6.07, 6.45) is 0.0745. The maximum Gasteiger partial charge on any atom is 0.269 e. The van der Waals surface area contributed by atoms with Crippen LogP contribution in [0.1, 0.15) is 30.5 Å². The first-order valence-corrected chi connectivity index (χ1v) is 9.61. The zero-order valence-corrected chi connectivity index (χ0v) is 15.5. The second-order valence-corrected chi connectivity index (χ2v) is 7.74. The van der Waals surface area contributed by atoms with Gasteiger partial charge < -0.3 is 0 Å². The van der Waals surface area contributed by atoms with E-state index in [0.717, 1.165) is 5.56 Å². The topological polar surface area (TPSA) is 132 Å². The third kappa shape index (κ3) is 4.86. The number of nitro benzene ring substituents is 1. The van der Waals surface area contributed by atoms with Crippen LogP contribution in [0.5, 0.6) is 0 Å². The second-order valence-electron chi connectivity index (χ2n) is 6.02. The molecule has 0 aliphatic rings. The van der Waals surface area contributed by atoms with Gasteiger partial charge in [-0.15, -0.1) is 0 Å². The van der Waals surface area contributed by atoms with Crippen LogP contribution in [0.3, 0.4) is 0 Å². The molecule has 2 atom stereocenters. The first kappa shape index (κ1) is 20.5. The molecule has 2 aromatic carbocycles. The van der Waals surface area contributed by atoms with Crippen LogP contribution in [0, 0.1) is 27.2 Å². The lowest BCUT2D eigenvalue weighted by molar-refractivity contribution is -0.527. The standard InChI is InChI=1S/C17H19N3O6S/c1-3-16(20(23)24)17(13-6-8-14(9-7-13)19(21)22)18-27(25,26)15-10-4-12(2)5-11-15/h4-11,16-18H,3H2,1-2H3. The van der Waals surface area contributed by atoms with Crippen LogP contribution < -0.4 is 4.72 Å². The molecule has 27 heavy (non-hydrogen) atoms.